The van der Waals surface area contributed by atoms with Crippen molar-refractivity contribution in [2.75, 3.05) is 0 Å². The lowest BCUT2D eigenvalue weighted by atomic mass is 9.79. The molecule has 0 bridgehead atoms. The Bertz CT molecular complexity index is 2270. The van der Waals surface area contributed by atoms with Gasteiger partial charge in [-0.3, -0.25) is 14.6 Å². The van der Waals surface area contributed by atoms with Crippen molar-refractivity contribution in [1.82, 2.24) is 29.3 Å². The van der Waals surface area contributed by atoms with Gasteiger partial charge in [-0.15, -0.1) is 0 Å². The fraction of sp³-hybridized carbons (Fsp3) is 0.194. The molecule has 1 amide bonds. The molecule has 1 N–H and O–H groups in total. The van der Waals surface area contributed by atoms with E-state index in [1.807, 2.05) is 22.7 Å². The lowest BCUT2D eigenvalue weighted by molar-refractivity contribution is 0.0902. The van der Waals surface area contributed by atoms with Crippen LogP contribution in [0.5, 0.6) is 0 Å². The van der Waals surface area contributed by atoms with E-state index in [2.05, 4.69) is 84.8 Å². The average molecular weight is 658 g/mol. The minimum Gasteiger partial charge on any atom is -0.348 e. The molecule has 222 valence electrons. The average Bonchev–Trinajstić information content (AvgIpc) is 3.61. The smallest absolute Gasteiger partial charge is 0.268 e. The highest BCUT2D eigenvalue weighted by Crippen LogP contribution is 2.35. The first kappa shape index (κ1) is 27.6. The van der Waals surface area contributed by atoms with E-state index in [-0.39, 0.29) is 17.6 Å². The van der Waals surface area contributed by atoms with Crippen LogP contribution in [-0.2, 0) is 12.8 Å². The number of nitrogens with zero attached hydrogens (tertiary/aromatic N) is 5. The maximum atomic E-state index is 13.2. The third kappa shape index (κ3) is 5.27. The number of Topliss-reactive ketones (excluding diaryl/α,β-unsaturated/α-hetero) is 1. The van der Waals surface area contributed by atoms with E-state index < -0.39 is 0 Å². The van der Waals surface area contributed by atoms with Crippen molar-refractivity contribution < 1.29 is 9.59 Å². The molecule has 9 rings (SSSR count). The van der Waals surface area contributed by atoms with Crippen LogP contribution in [-0.4, -0.2) is 41.7 Å². The van der Waals surface area contributed by atoms with Crippen molar-refractivity contribution in [3.8, 4) is 0 Å². The summed E-state index contributed by atoms with van der Waals surface area (Å²) < 4.78 is 4.35. The molecule has 3 aromatic carbocycles. The van der Waals surface area contributed by atoms with Gasteiger partial charge in [0.2, 0.25) is 0 Å². The lowest BCUT2D eigenvalue weighted by Gasteiger charge is -2.24. The van der Waals surface area contributed by atoms with E-state index in [9.17, 15) is 9.59 Å². The third-order valence-corrected chi connectivity index (χ3v) is 9.26. The Kier molecular flexibility index (Phi) is 6.90. The predicted molar refractivity (Wildman–Crippen MR) is 178 cm³/mol. The second-order valence-corrected chi connectivity index (χ2v) is 12.7. The first-order valence-electron chi connectivity index (χ1n) is 15.2. The highest BCUT2D eigenvalue weighted by atomic mass is 79.9. The van der Waals surface area contributed by atoms with E-state index in [4.69, 9.17) is 0 Å². The molecule has 0 spiro atoms. The zero-order valence-electron chi connectivity index (χ0n) is 24.4. The maximum absolute atomic E-state index is 13.2. The monoisotopic (exact) mass is 656 g/mol. The zero-order chi connectivity index (χ0) is 30.5. The molecule has 9 heteroatoms. The minimum atomic E-state index is -0.0382. The van der Waals surface area contributed by atoms with Crippen molar-refractivity contribution in [2.45, 2.75) is 38.1 Å². The molecule has 4 heterocycles. The highest BCUT2D eigenvalue weighted by Gasteiger charge is 2.28. The Morgan fingerprint density at radius 2 is 1.78 bits per heavy atom. The molecule has 2 aliphatic carbocycles. The number of aryl methyl sites for hydroxylation is 1. The fourth-order valence-corrected chi connectivity index (χ4v) is 6.70. The molecule has 2 aliphatic rings. The van der Waals surface area contributed by atoms with E-state index in [0.29, 0.717) is 23.1 Å². The van der Waals surface area contributed by atoms with Crippen LogP contribution in [0.4, 0.5) is 0 Å². The van der Waals surface area contributed by atoms with Gasteiger partial charge in [0, 0.05) is 42.8 Å². The Hall–Kier alpha value is -4.89. The number of amides is 1. The van der Waals surface area contributed by atoms with Gasteiger partial charge in [0.25, 0.3) is 5.91 Å². The molecular weight excluding hydrogens is 628 g/mol. The number of carbonyl (C=O) groups is 2. The van der Waals surface area contributed by atoms with Crippen molar-refractivity contribution in [1.29, 1.82) is 0 Å². The van der Waals surface area contributed by atoms with Gasteiger partial charge in [-0.25, -0.2) is 9.50 Å². The number of ketones is 1. The number of aromatic nitrogens is 5. The number of hydrogen-bond acceptors (Lipinski definition) is 5. The Morgan fingerprint density at radius 3 is 2.67 bits per heavy atom. The van der Waals surface area contributed by atoms with Gasteiger partial charge in [-0.05, 0) is 92.8 Å². The molecule has 1 fully saturated rings. The van der Waals surface area contributed by atoms with Crippen LogP contribution >= 0.6 is 15.9 Å². The number of nitrogens with one attached hydrogen (secondary N) is 1. The lowest BCUT2D eigenvalue weighted by Crippen LogP contribution is -2.26. The van der Waals surface area contributed by atoms with Gasteiger partial charge < -0.3 is 9.72 Å². The summed E-state index contributed by atoms with van der Waals surface area (Å²) in [5.41, 5.74) is 5.49. The quantitative estimate of drug-likeness (QED) is 0.162. The summed E-state index contributed by atoms with van der Waals surface area (Å²) in [6, 6.07) is 23.3. The molecule has 7 aromatic rings. The second-order valence-electron chi connectivity index (χ2n) is 11.8. The molecule has 0 radical (unpaired) electrons. The summed E-state index contributed by atoms with van der Waals surface area (Å²) in [6.45, 7) is 0. The van der Waals surface area contributed by atoms with Crippen LogP contribution in [0.25, 0.3) is 32.7 Å². The number of fused-ring (bicyclic) bond motifs is 7. The molecule has 0 aliphatic heterocycles. The van der Waals surface area contributed by atoms with Crippen molar-refractivity contribution in [3.63, 3.8) is 0 Å². The van der Waals surface area contributed by atoms with Crippen molar-refractivity contribution in [2.24, 2.45) is 5.92 Å². The van der Waals surface area contributed by atoms with Crippen molar-refractivity contribution >= 4 is 60.3 Å². The van der Waals surface area contributed by atoms with Crippen LogP contribution in [0.15, 0.2) is 102 Å². The van der Waals surface area contributed by atoms with Gasteiger partial charge in [0.05, 0.1) is 16.2 Å². The Labute approximate surface area is 267 Å². The van der Waals surface area contributed by atoms with Gasteiger partial charge in [-0.1, -0.05) is 48.5 Å². The maximum Gasteiger partial charge on any atom is 0.268 e. The number of benzene rings is 3. The molecule has 8 nitrogen and oxygen atoms in total. The van der Waals surface area contributed by atoms with Crippen LogP contribution < -0.4 is 5.32 Å². The minimum absolute atomic E-state index is 0.00343. The largest absolute Gasteiger partial charge is 0.348 e. The van der Waals surface area contributed by atoms with Crippen molar-refractivity contribution in [3.05, 3.63) is 125 Å². The molecule has 1 saturated carbocycles. The number of hydrogen-bond donors (Lipinski definition) is 1. The number of halogens is 1. The SMILES string of the molecule is O=C(NC1CC1)c1ccc2cnccn12.O=C(c1cc2ncc(Br)cn2n1)C1CCc2c(ccc3c2ccc2ccccc23)C1. The molecule has 45 heavy (non-hydrogen) atoms. The summed E-state index contributed by atoms with van der Waals surface area (Å²) in [5, 5.41) is 12.6. The Morgan fingerprint density at radius 1 is 0.911 bits per heavy atom. The summed E-state index contributed by atoms with van der Waals surface area (Å²) in [4.78, 5) is 33.3. The van der Waals surface area contributed by atoms with E-state index in [0.717, 1.165) is 42.1 Å². The molecule has 0 saturated heterocycles. The van der Waals surface area contributed by atoms with Crippen LogP contribution in [0.2, 0.25) is 0 Å². The third-order valence-electron chi connectivity index (χ3n) is 8.85. The number of rotatable bonds is 4. The first-order valence-corrected chi connectivity index (χ1v) is 16.0. The van der Waals surface area contributed by atoms with Gasteiger partial charge in [0.1, 0.15) is 11.4 Å². The first-order chi connectivity index (χ1) is 22.0. The molecule has 1 atom stereocenters. The summed E-state index contributed by atoms with van der Waals surface area (Å²) in [6.07, 6.45) is 13.5. The zero-order valence-corrected chi connectivity index (χ0v) is 25.9. The van der Waals surface area contributed by atoms with Crippen LogP contribution in [0.3, 0.4) is 0 Å². The highest BCUT2D eigenvalue weighted by molar-refractivity contribution is 9.10. The second kappa shape index (κ2) is 11.2. The normalized spacial score (nSPS) is 16.0. The summed E-state index contributed by atoms with van der Waals surface area (Å²) >= 11 is 3.40. The van der Waals surface area contributed by atoms with E-state index in [1.165, 1.54) is 32.7 Å². The van der Waals surface area contributed by atoms with E-state index >= 15 is 0 Å². The van der Waals surface area contributed by atoms with Gasteiger partial charge in [0.15, 0.2) is 11.4 Å². The van der Waals surface area contributed by atoms with Crippen LogP contribution in [0, 0.1) is 5.92 Å². The molecule has 4 aromatic heterocycles. The summed E-state index contributed by atoms with van der Waals surface area (Å²) in [5.74, 6) is 0.0772. The van der Waals surface area contributed by atoms with E-state index in [1.54, 1.807) is 35.4 Å². The molecular formula is C36H29BrN6O2. The standard InChI is InChI=1S/C25H18BrN3O.C11H11N3O/c26-18-13-27-24-12-23(28-29(24)14-18)25(30)17-7-8-20-16(11-17)6-10-21-19-4-2-1-3-15(19)5-9-22(20)21;15-11(13-8-1-2-8)10-4-3-9-7-12-5-6-14(9)10/h1-6,9-10,12-14,17H,7-8,11H2;3-8H,1-2H2,(H,13,15). The predicted octanol–water partition coefficient (Wildman–Crippen LogP) is 7.01. The topological polar surface area (TPSA) is 93.7 Å². The number of carbonyl (C=O) groups excluding carboxylic acids is 2. The molecule has 1 unspecified atom stereocenters. The fourth-order valence-electron chi connectivity index (χ4n) is 6.41. The van der Waals surface area contributed by atoms with Crippen LogP contribution in [0.1, 0.15) is 51.4 Å². The van der Waals surface area contributed by atoms with Gasteiger partial charge >= 0.3 is 0 Å². The summed E-state index contributed by atoms with van der Waals surface area (Å²) in [7, 11) is 0. The Balaban J connectivity index is 0.000000168. The van der Waals surface area contributed by atoms with Gasteiger partial charge in [-0.2, -0.15) is 5.10 Å².